The fourth-order valence-electron chi connectivity index (χ4n) is 3.40. The lowest BCUT2D eigenvalue weighted by atomic mass is 10.2. The summed E-state index contributed by atoms with van der Waals surface area (Å²) in [5, 5.41) is 10.3. The van der Waals surface area contributed by atoms with E-state index in [0.717, 1.165) is 22.9 Å². The number of halogens is 1. The summed E-state index contributed by atoms with van der Waals surface area (Å²) >= 11 is 6.34. The third kappa shape index (κ3) is 6.74. The van der Waals surface area contributed by atoms with Crippen molar-refractivity contribution in [2.75, 3.05) is 24.4 Å². The Morgan fingerprint density at radius 2 is 1.76 bits per heavy atom. The van der Waals surface area contributed by atoms with Crippen molar-refractivity contribution in [3.63, 3.8) is 0 Å². The summed E-state index contributed by atoms with van der Waals surface area (Å²) in [4.78, 5) is 24.9. The van der Waals surface area contributed by atoms with Crippen molar-refractivity contribution in [3.05, 3.63) is 64.9 Å². The Balaban J connectivity index is 1.46. The first kappa shape index (κ1) is 25.1. The van der Waals surface area contributed by atoms with Crippen LogP contribution >= 0.6 is 11.6 Å². The number of carbonyl (C=O) groups is 2. The number of hydrogen-bond acceptors (Lipinski definition) is 5. The Kier molecular flexibility index (Phi) is 8.54. The fraction of sp³-hybridized carbons (Fsp3) is 0.320. The number of aryl methyl sites for hydroxylation is 2. The molecule has 3 rings (SSSR count). The highest BCUT2D eigenvalue weighted by Gasteiger charge is 2.19. The van der Waals surface area contributed by atoms with Gasteiger partial charge >= 0.3 is 0 Å². The molecule has 1 atom stereocenters. The Morgan fingerprint density at radius 3 is 2.38 bits per heavy atom. The van der Waals surface area contributed by atoms with Gasteiger partial charge in [-0.3, -0.25) is 14.3 Å². The lowest BCUT2D eigenvalue weighted by Crippen LogP contribution is -2.25. The summed E-state index contributed by atoms with van der Waals surface area (Å²) in [7, 11) is 1.61. The van der Waals surface area contributed by atoms with Crippen molar-refractivity contribution in [1.29, 1.82) is 0 Å². The highest BCUT2D eigenvalue weighted by molar-refractivity contribution is 6.34. The molecule has 34 heavy (non-hydrogen) atoms. The molecule has 1 heterocycles. The number of benzene rings is 2. The Labute approximate surface area is 204 Å². The Morgan fingerprint density at radius 1 is 1.06 bits per heavy atom. The number of nitrogens with one attached hydrogen (secondary N) is 2. The average molecular weight is 485 g/mol. The third-order valence-corrected chi connectivity index (χ3v) is 5.49. The summed E-state index contributed by atoms with van der Waals surface area (Å²) < 4.78 is 12.4. The van der Waals surface area contributed by atoms with E-state index >= 15 is 0 Å². The van der Waals surface area contributed by atoms with E-state index in [1.807, 2.05) is 44.2 Å². The maximum atomic E-state index is 12.7. The van der Waals surface area contributed by atoms with E-state index in [1.165, 1.54) is 0 Å². The van der Waals surface area contributed by atoms with E-state index in [-0.39, 0.29) is 11.8 Å². The van der Waals surface area contributed by atoms with Gasteiger partial charge in [0.05, 0.1) is 30.1 Å². The van der Waals surface area contributed by atoms with Crippen molar-refractivity contribution in [3.8, 4) is 11.5 Å². The molecule has 0 bridgehead atoms. The van der Waals surface area contributed by atoms with Crippen LogP contribution in [0.25, 0.3) is 0 Å². The molecule has 1 unspecified atom stereocenters. The molecule has 2 amide bonds. The van der Waals surface area contributed by atoms with Crippen LogP contribution < -0.4 is 20.1 Å². The Bertz CT molecular complexity index is 1140. The molecule has 8 nitrogen and oxygen atoms in total. The highest BCUT2D eigenvalue weighted by Crippen LogP contribution is 2.27. The maximum absolute atomic E-state index is 12.7. The normalized spacial score (nSPS) is 11.6. The van der Waals surface area contributed by atoms with E-state index in [4.69, 9.17) is 21.1 Å². The number of amides is 2. The number of nitrogens with zero attached hydrogens (tertiary/aromatic N) is 2. The molecule has 1 aromatic heterocycles. The van der Waals surface area contributed by atoms with Gasteiger partial charge in [-0.15, -0.1) is 0 Å². The molecule has 9 heteroatoms. The van der Waals surface area contributed by atoms with Gasteiger partial charge in [-0.2, -0.15) is 5.10 Å². The largest absolute Gasteiger partial charge is 0.497 e. The monoisotopic (exact) mass is 484 g/mol. The molecule has 0 aliphatic rings. The highest BCUT2D eigenvalue weighted by atomic mass is 35.5. The zero-order valence-corrected chi connectivity index (χ0v) is 20.5. The number of anilines is 2. The molecular formula is C25H29ClN4O4. The molecule has 2 N–H and O–H groups in total. The number of carbonyl (C=O) groups excluding carboxylic acids is 2. The van der Waals surface area contributed by atoms with Gasteiger partial charge < -0.3 is 20.1 Å². The molecule has 0 spiro atoms. The van der Waals surface area contributed by atoms with Crippen LogP contribution in [0, 0.1) is 13.8 Å². The topological polar surface area (TPSA) is 94.5 Å². The molecule has 2 aromatic carbocycles. The van der Waals surface area contributed by atoms with Crippen molar-refractivity contribution in [2.24, 2.45) is 0 Å². The maximum Gasteiger partial charge on any atom is 0.248 e. The van der Waals surface area contributed by atoms with E-state index in [0.29, 0.717) is 35.8 Å². The summed E-state index contributed by atoms with van der Waals surface area (Å²) in [5.74, 6) is 1.09. The van der Waals surface area contributed by atoms with Gasteiger partial charge in [0.2, 0.25) is 11.8 Å². The summed E-state index contributed by atoms with van der Waals surface area (Å²) in [5.41, 5.74) is 2.77. The van der Waals surface area contributed by atoms with Crippen molar-refractivity contribution >= 4 is 34.8 Å². The van der Waals surface area contributed by atoms with Gasteiger partial charge in [0.25, 0.3) is 0 Å². The minimum Gasteiger partial charge on any atom is -0.497 e. The predicted molar refractivity (Wildman–Crippen MR) is 133 cm³/mol. The second-order valence-electron chi connectivity index (χ2n) is 7.91. The second-order valence-corrected chi connectivity index (χ2v) is 8.31. The summed E-state index contributed by atoms with van der Waals surface area (Å²) in [6.07, 6.45) is 0.857. The van der Waals surface area contributed by atoms with Crippen molar-refractivity contribution in [1.82, 2.24) is 9.78 Å². The molecule has 0 saturated heterocycles. The van der Waals surface area contributed by atoms with Gasteiger partial charge in [0.1, 0.15) is 17.5 Å². The molecule has 3 aromatic rings. The zero-order chi connectivity index (χ0) is 24.7. The number of rotatable bonds is 10. The molecule has 0 radical (unpaired) electrons. The lowest BCUT2D eigenvalue weighted by Gasteiger charge is -2.16. The number of hydrogen-bond donors (Lipinski definition) is 2. The first-order valence-electron chi connectivity index (χ1n) is 11.0. The average Bonchev–Trinajstić information content (AvgIpc) is 3.16. The molecule has 0 fully saturated rings. The number of aromatic nitrogens is 2. The lowest BCUT2D eigenvalue weighted by molar-refractivity contribution is -0.119. The summed E-state index contributed by atoms with van der Waals surface area (Å²) in [6, 6.07) is 13.7. The number of ether oxygens (including phenoxy) is 2. The van der Waals surface area contributed by atoms with Crippen molar-refractivity contribution < 1.29 is 19.1 Å². The molecular weight excluding hydrogens is 456 g/mol. The summed E-state index contributed by atoms with van der Waals surface area (Å²) in [6.45, 7) is 5.97. The first-order valence-corrected chi connectivity index (χ1v) is 11.3. The van der Waals surface area contributed by atoms with Crippen LogP contribution in [0.3, 0.4) is 0 Å². The van der Waals surface area contributed by atoms with Gasteiger partial charge in [-0.1, -0.05) is 11.6 Å². The minimum atomic E-state index is -0.496. The third-order valence-electron chi connectivity index (χ3n) is 5.18. The van der Waals surface area contributed by atoms with Crippen LogP contribution in [0.4, 0.5) is 11.4 Å². The van der Waals surface area contributed by atoms with Crippen LogP contribution in [-0.4, -0.2) is 35.3 Å². The van der Waals surface area contributed by atoms with Gasteiger partial charge in [-0.05, 0) is 75.7 Å². The van der Waals surface area contributed by atoms with Crippen LogP contribution in [0.5, 0.6) is 11.5 Å². The zero-order valence-electron chi connectivity index (χ0n) is 19.7. The van der Waals surface area contributed by atoms with E-state index < -0.39 is 6.04 Å². The first-order chi connectivity index (χ1) is 16.3. The Hall–Kier alpha value is -3.52. The predicted octanol–water partition coefficient (Wildman–Crippen LogP) is 5.16. The molecule has 0 aliphatic carbocycles. The number of methoxy groups -OCH3 is 1. The SMILES string of the molecule is COc1ccc(OCCCC(=O)Nc2ccc(NC(=O)C(C)n3nc(C)cc3C)c(Cl)c2)cc1. The standard InChI is InChI=1S/C25H29ClN4O4/c1-16-14-17(2)30(29-16)18(3)25(32)28-23-12-7-19(15-22(23)26)27-24(31)6-5-13-34-21-10-8-20(33-4)9-11-21/h7-12,14-15,18H,5-6,13H2,1-4H3,(H,27,31)(H,28,32). The van der Waals surface area contributed by atoms with Crippen LogP contribution in [0.2, 0.25) is 5.02 Å². The van der Waals surface area contributed by atoms with Crippen LogP contribution in [0.15, 0.2) is 48.5 Å². The van der Waals surface area contributed by atoms with E-state index in [2.05, 4.69) is 15.7 Å². The quantitative estimate of drug-likeness (QED) is 0.387. The van der Waals surface area contributed by atoms with E-state index in [1.54, 1.807) is 36.9 Å². The van der Waals surface area contributed by atoms with Gasteiger partial charge in [0.15, 0.2) is 0 Å². The smallest absolute Gasteiger partial charge is 0.248 e. The van der Waals surface area contributed by atoms with Gasteiger partial charge in [0, 0.05) is 17.8 Å². The van der Waals surface area contributed by atoms with Crippen molar-refractivity contribution in [2.45, 2.75) is 39.7 Å². The van der Waals surface area contributed by atoms with Gasteiger partial charge in [-0.25, -0.2) is 0 Å². The molecule has 0 aliphatic heterocycles. The van der Waals surface area contributed by atoms with E-state index in [9.17, 15) is 9.59 Å². The van der Waals surface area contributed by atoms with Crippen LogP contribution in [0.1, 0.15) is 37.2 Å². The van der Waals surface area contributed by atoms with Crippen LogP contribution in [-0.2, 0) is 9.59 Å². The fourth-order valence-corrected chi connectivity index (χ4v) is 3.63. The molecule has 0 saturated carbocycles. The second kappa shape index (κ2) is 11.6. The molecule has 180 valence electrons. The minimum absolute atomic E-state index is 0.149.